The van der Waals surface area contributed by atoms with Crippen molar-refractivity contribution in [2.45, 2.75) is 44.2 Å². The van der Waals surface area contributed by atoms with E-state index in [4.69, 9.17) is 22.1 Å². The lowest BCUT2D eigenvalue weighted by atomic mass is 9.59. The van der Waals surface area contributed by atoms with Crippen LogP contribution < -0.4 is 5.73 Å². The summed E-state index contributed by atoms with van der Waals surface area (Å²) in [5.74, 6) is -0.113. The van der Waals surface area contributed by atoms with Crippen LogP contribution in [0.1, 0.15) is 44.2 Å². The van der Waals surface area contributed by atoms with Crippen LogP contribution >= 0.6 is 0 Å². The molecule has 1 aromatic carbocycles. The minimum absolute atomic E-state index is 0.113. The number of ether oxygens (including phenoxy) is 2. The summed E-state index contributed by atoms with van der Waals surface area (Å²) in [7, 11) is -2.47. The van der Waals surface area contributed by atoms with E-state index in [1.54, 1.807) is 18.6 Å². The van der Waals surface area contributed by atoms with E-state index < -0.39 is 30.7 Å². The van der Waals surface area contributed by atoms with E-state index in [0.29, 0.717) is 31.4 Å². The van der Waals surface area contributed by atoms with Crippen LogP contribution in [0.4, 0.5) is 0 Å². The molecule has 0 bridgehead atoms. The zero-order chi connectivity index (χ0) is 23.6. The fourth-order valence-corrected chi connectivity index (χ4v) is 5.35. The van der Waals surface area contributed by atoms with Gasteiger partial charge < -0.3 is 15.2 Å². The number of fused-ring (bicyclic) bond motifs is 3. The predicted octanol–water partition coefficient (Wildman–Crippen LogP) is 3.06. The Hall–Kier alpha value is -2.47. The maximum absolute atomic E-state index is 8.89. The Labute approximate surface area is 172 Å². The fourth-order valence-electron chi connectivity index (χ4n) is 5.35. The Morgan fingerprint density at radius 3 is 3.04 bits per heavy atom. The molecular formula is C22H26N4O2. The summed E-state index contributed by atoms with van der Waals surface area (Å²) in [6.07, 6.45) is 6.58. The number of nitrogens with zero attached hydrogens (tertiary/aromatic N) is 3. The van der Waals surface area contributed by atoms with Gasteiger partial charge in [-0.05, 0) is 48.8 Å². The first kappa shape index (κ1) is 12.9. The van der Waals surface area contributed by atoms with E-state index in [1.807, 2.05) is 25.1 Å². The lowest BCUT2D eigenvalue weighted by Crippen LogP contribution is -2.48. The number of methoxy groups -OCH3 is 1. The van der Waals surface area contributed by atoms with Gasteiger partial charge in [0.1, 0.15) is 12.1 Å². The fraction of sp³-hybridized carbons (Fsp3) is 0.500. The maximum Gasteiger partial charge on any atom is 0.283 e. The molecule has 2 heterocycles. The molecule has 6 nitrogen and oxygen atoms in total. The Balaban J connectivity index is 1.62. The van der Waals surface area contributed by atoms with Gasteiger partial charge >= 0.3 is 0 Å². The first-order chi connectivity index (χ1) is 15.5. The van der Waals surface area contributed by atoms with Crippen LogP contribution in [0.5, 0.6) is 0 Å². The van der Waals surface area contributed by atoms with Crippen molar-refractivity contribution >= 4 is 6.02 Å². The molecule has 2 aliphatic carbocycles. The summed E-state index contributed by atoms with van der Waals surface area (Å²) in [5.41, 5.74) is 7.19. The second-order valence-electron chi connectivity index (χ2n) is 8.16. The van der Waals surface area contributed by atoms with Gasteiger partial charge in [-0.2, -0.15) is 0 Å². The van der Waals surface area contributed by atoms with Gasteiger partial charge in [0, 0.05) is 30.4 Å². The summed E-state index contributed by atoms with van der Waals surface area (Å²) >= 11 is 0. The summed E-state index contributed by atoms with van der Waals surface area (Å²) in [6.45, 7) is -0.210. The summed E-state index contributed by atoms with van der Waals surface area (Å²) in [4.78, 5) is 13.2. The second-order valence-corrected chi connectivity index (χ2v) is 8.16. The van der Waals surface area contributed by atoms with Gasteiger partial charge in [-0.25, -0.2) is 4.99 Å². The van der Waals surface area contributed by atoms with Crippen LogP contribution in [0, 0.1) is 11.3 Å². The molecule has 3 aliphatic rings. The minimum Gasteiger partial charge on any atom is -0.462 e. The summed E-state index contributed by atoms with van der Waals surface area (Å²) in [5, 5.41) is 0. The van der Waals surface area contributed by atoms with E-state index in [0.717, 1.165) is 16.7 Å². The van der Waals surface area contributed by atoms with Crippen molar-refractivity contribution in [3.8, 4) is 11.3 Å². The smallest absolute Gasteiger partial charge is 0.283 e. The molecule has 0 radical (unpaired) electrons. The molecule has 1 aliphatic heterocycles. The summed E-state index contributed by atoms with van der Waals surface area (Å²) in [6, 6.07) is 5.70. The standard InChI is InChI=1S/C22H26N4O2/c1-14-10-21(6-5-19(14)27-2)11-16-4-3-15(18-12-24-7-8-25-18)9-17(16)22(21)13-28-20(23)26-22/h3-4,7-9,12,14,19H,5-6,10-11,13H2,1-2H3,(H2,23,26)/t14-,19-,21-,22+/m1/s1/i2D3,13D2. The molecule has 0 amide bonds. The SMILES string of the molecule is [2H]C([2H])([2H])O[C@@H]1CC[C@]2(Cc3ccc(-c4cnccn4)cc3[C@]23N=C(N)OC3([2H])[2H])C[C@H]1C. The third kappa shape index (κ3) is 2.40. The molecule has 28 heavy (non-hydrogen) atoms. The third-order valence-corrected chi connectivity index (χ3v) is 6.64. The number of nitrogens with two attached hydrogens (primary N) is 1. The highest BCUT2D eigenvalue weighted by Gasteiger charge is 2.62. The highest BCUT2D eigenvalue weighted by molar-refractivity contribution is 5.75. The highest BCUT2D eigenvalue weighted by Crippen LogP contribution is 2.62. The number of amidine groups is 1. The predicted molar refractivity (Wildman–Crippen MR) is 107 cm³/mol. The molecule has 2 N–H and O–H groups in total. The molecule has 0 unspecified atom stereocenters. The molecule has 2 spiro atoms. The molecule has 146 valence electrons. The van der Waals surface area contributed by atoms with Crippen molar-refractivity contribution in [1.82, 2.24) is 9.97 Å². The number of aromatic nitrogens is 2. The normalized spacial score (nSPS) is 38.6. The number of hydrogen-bond donors (Lipinski definition) is 1. The minimum atomic E-state index is -2.47. The van der Waals surface area contributed by atoms with Gasteiger partial charge in [-0.3, -0.25) is 9.97 Å². The van der Waals surface area contributed by atoms with Crippen LogP contribution in [0.3, 0.4) is 0 Å². The second kappa shape index (κ2) is 6.27. The Kier molecular flexibility index (Phi) is 2.89. The van der Waals surface area contributed by atoms with Gasteiger partial charge in [0.05, 0.1) is 24.8 Å². The van der Waals surface area contributed by atoms with Gasteiger partial charge in [0.25, 0.3) is 6.02 Å². The molecule has 4 atom stereocenters. The largest absolute Gasteiger partial charge is 0.462 e. The van der Waals surface area contributed by atoms with Crippen molar-refractivity contribution in [1.29, 1.82) is 0 Å². The molecule has 1 aromatic heterocycles. The zero-order valence-electron chi connectivity index (χ0n) is 20.7. The lowest BCUT2D eigenvalue weighted by molar-refractivity contribution is -0.0445. The number of hydrogen-bond acceptors (Lipinski definition) is 6. The molecule has 1 fully saturated rings. The third-order valence-electron chi connectivity index (χ3n) is 6.64. The molecule has 5 rings (SSSR count). The van der Waals surface area contributed by atoms with Gasteiger partial charge in [-0.1, -0.05) is 19.1 Å². The first-order valence-corrected chi connectivity index (χ1v) is 9.58. The van der Waals surface area contributed by atoms with E-state index in [2.05, 4.69) is 15.0 Å². The number of benzene rings is 1. The van der Waals surface area contributed by atoms with Gasteiger partial charge in [0.2, 0.25) is 0 Å². The molecular weight excluding hydrogens is 352 g/mol. The Bertz CT molecular complexity index is 1110. The van der Waals surface area contributed by atoms with E-state index in [1.165, 1.54) is 0 Å². The van der Waals surface area contributed by atoms with Gasteiger partial charge in [-0.15, -0.1) is 0 Å². The molecule has 2 aromatic rings. The van der Waals surface area contributed by atoms with E-state index in [9.17, 15) is 0 Å². The average molecular weight is 384 g/mol. The monoisotopic (exact) mass is 383 g/mol. The lowest BCUT2D eigenvalue weighted by Gasteiger charge is -2.47. The Morgan fingerprint density at radius 2 is 2.32 bits per heavy atom. The molecule has 0 saturated heterocycles. The van der Waals surface area contributed by atoms with Crippen molar-refractivity contribution < 1.29 is 16.3 Å². The van der Waals surface area contributed by atoms with Crippen molar-refractivity contribution in [3.63, 3.8) is 0 Å². The topological polar surface area (TPSA) is 82.6 Å². The Morgan fingerprint density at radius 1 is 1.39 bits per heavy atom. The van der Waals surface area contributed by atoms with Crippen LogP contribution in [-0.4, -0.2) is 35.7 Å². The van der Waals surface area contributed by atoms with Crippen molar-refractivity contribution in [2.75, 3.05) is 13.6 Å². The maximum atomic E-state index is 8.89. The van der Waals surface area contributed by atoms with Crippen LogP contribution in [-0.2, 0) is 21.4 Å². The van der Waals surface area contributed by atoms with Crippen LogP contribution in [0.25, 0.3) is 11.3 Å². The van der Waals surface area contributed by atoms with Crippen molar-refractivity contribution in [3.05, 3.63) is 47.9 Å². The summed E-state index contributed by atoms with van der Waals surface area (Å²) < 4.78 is 51.1. The quantitative estimate of drug-likeness (QED) is 0.862. The van der Waals surface area contributed by atoms with Crippen molar-refractivity contribution in [2.24, 2.45) is 22.1 Å². The first-order valence-electron chi connectivity index (χ1n) is 12.1. The van der Waals surface area contributed by atoms with E-state index >= 15 is 0 Å². The molecule has 1 saturated carbocycles. The van der Waals surface area contributed by atoms with Crippen LogP contribution in [0.15, 0.2) is 41.8 Å². The number of rotatable bonds is 2. The van der Waals surface area contributed by atoms with E-state index in [-0.39, 0.29) is 11.9 Å². The molecule has 6 heteroatoms. The average Bonchev–Trinajstić information content (AvgIpc) is 3.14. The highest BCUT2D eigenvalue weighted by atomic mass is 16.5. The van der Waals surface area contributed by atoms with Gasteiger partial charge in [0.15, 0.2) is 0 Å². The number of aliphatic imine (C=N–C) groups is 1. The zero-order valence-corrected chi connectivity index (χ0v) is 15.7. The van der Waals surface area contributed by atoms with Crippen LogP contribution in [0.2, 0.25) is 0 Å².